The lowest BCUT2D eigenvalue weighted by Gasteiger charge is -2.34. The molecule has 1 aromatic rings. The summed E-state index contributed by atoms with van der Waals surface area (Å²) < 4.78 is 5.74. The van der Waals surface area contributed by atoms with Gasteiger partial charge in [0.1, 0.15) is 6.04 Å². The van der Waals surface area contributed by atoms with Crippen LogP contribution in [0.1, 0.15) is 38.5 Å². The number of para-hydroxylation sites is 1. The first kappa shape index (κ1) is 19.6. The van der Waals surface area contributed by atoms with Gasteiger partial charge in [0.2, 0.25) is 0 Å². The number of likely N-dealkylation sites (tertiary alicyclic amines) is 1. The molecular weight excluding hydrogens is 371 g/mol. The third kappa shape index (κ3) is 4.69. The number of halogens is 3. The zero-order valence-electron chi connectivity index (χ0n) is 13.5. The largest absolute Gasteiger partial charge is 1.00 e. The molecule has 24 heavy (non-hydrogen) atoms. The van der Waals surface area contributed by atoms with Crippen LogP contribution in [-0.4, -0.2) is 31.3 Å². The predicted molar refractivity (Wildman–Crippen MR) is 92.5 cm³/mol. The molecule has 1 saturated heterocycles. The van der Waals surface area contributed by atoms with E-state index in [-0.39, 0.29) is 18.5 Å². The van der Waals surface area contributed by atoms with Crippen molar-refractivity contribution in [2.24, 2.45) is 0 Å². The second kappa shape index (κ2) is 9.14. The van der Waals surface area contributed by atoms with Crippen LogP contribution in [0.25, 0.3) is 0 Å². The van der Waals surface area contributed by atoms with Crippen LogP contribution in [0.3, 0.4) is 0 Å². The summed E-state index contributed by atoms with van der Waals surface area (Å²) in [5.74, 6) is 0. The fourth-order valence-electron chi connectivity index (χ4n) is 3.79. The molecule has 1 saturated carbocycles. The normalized spacial score (nSPS) is 24.2. The van der Waals surface area contributed by atoms with Crippen LogP contribution in [0.2, 0.25) is 10.0 Å². The molecule has 2 fully saturated rings. The van der Waals surface area contributed by atoms with E-state index in [9.17, 15) is 4.79 Å². The Labute approximate surface area is 159 Å². The van der Waals surface area contributed by atoms with Gasteiger partial charge in [-0.05, 0) is 31.4 Å². The summed E-state index contributed by atoms with van der Waals surface area (Å²) in [5, 5.41) is 3.54. The van der Waals surface area contributed by atoms with E-state index in [1.807, 2.05) is 0 Å². The van der Waals surface area contributed by atoms with Gasteiger partial charge in [-0.1, -0.05) is 29.3 Å². The second-order valence-electron chi connectivity index (χ2n) is 6.42. The Balaban J connectivity index is 0.00000208. The van der Waals surface area contributed by atoms with E-state index in [0.717, 1.165) is 19.3 Å². The summed E-state index contributed by atoms with van der Waals surface area (Å²) >= 11 is 12.2. The number of hydrogen-bond donors (Lipinski definition) is 2. The highest BCUT2D eigenvalue weighted by molar-refractivity contribution is 6.39. The lowest BCUT2D eigenvalue weighted by atomic mass is 9.91. The van der Waals surface area contributed by atoms with E-state index in [0.29, 0.717) is 21.8 Å². The van der Waals surface area contributed by atoms with Crippen LogP contribution in [0, 0.1) is 0 Å². The molecule has 0 aromatic heterocycles. The molecule has 7 heteroatoms. The highest BCUT2D eigenvalue weighted by Crippen LogP contribution is 2.30. The maximum Gasteiger partial charge on any atom is 0.412 e. The number of rotatable bonds is 3. The molecule has 2 atom stereocenters. The first-order chi connectivity index (χ1) is 11.1. The number of quaternary nitrogens is 1. The number of hydrogen-bond acceptors (Lipinski definition) is 2. The van der Waals surface area contributed by atoms with E-state index >= 15 is 0 Å². The van der Waals surface area contributed by atoms with Crippen molar-refractivity contribution in [3.05, 3.63) is 28.2 Å². The minimum absolute atomic E-state index is 0. The molecule has 1 aliphatic carbocycles. The number of carbonyl (C=O) groups is 1. The van der Waals surface area contributed by atoms with E-state index in [4.69, 9.17) is 27.9 Å². The molecule has 0 bridgehead atoms. The summed E-state index contributed by atoms with van der Waals surface area (Å²) in [6.45, 7) is 2.39. The van der Waals surface area contributed by atoms with Crippen molar-refractivity contribution in [2.45, 2.75) is 50.7 Å². The van der Waals surface area contributed by atoms with E-state index in [2.05, 4.69) is 5.32 Å². The van der Waals surface area contributed by atoms with Crippen LogP contribution in [0.15, 0.2) is 18.2 Å². The van der Waals surface area contributed by atoms with E-state index < -0.39 is 6.09 Å². The summed E-state index contributed by atoms with van der Waals surface area (Å²) in [6.07, 6.45) is 6.51. The predicted octanol–water partition coefficient (Wildman–Crippen LogP) is 0.536. The van der Waals surface area contributed by atoms with Crippen molar-refractivity contribution in [2.75, 3.05) is 18.4 Å². The summed E-state index contributed by atoms with van der Waals surface area (Å²) in [7, 11) is 0. The number of amides is 1. The van der Waals surface area contributed by atoms with Gasteiger partial charge in [-0.2, -0.15) is 0 Å². The summed E-state index contributed by atoms with van der Waals surface area (Å²) in [6, 6.07) is 5.57. The summed E-state index contributed by atoms with van der Waals surface area (Å²) in [5.41, 5.74) is 0.418. The lowest BCUT2D eigenvalue weighted by molar-refractivity contribution is -0.918. The Morgan fingerprint density at radius 2 is 1.71 bits per heavy atom. The monoisotopic (exact) mass is 392 g/mol. The first-order valence-corrected chi connectivity index (χ1v) is 9.17. The Hall–Kier alpha value is -0.680. The minimum atomic E-state index is -0.463. The van der Waals surface area contributed by atoms with Gasteiger partial charge in [0, 0.05) is 19.3 Å². The molecule has 0 radical (unpaired) electrons. The molecule has 2 N–H and O–H groups in total. The number of benzene rings is 1. The maximum atomic E-state index is 12.3. The Morgan fingerprint density at radius 3 is 2.38 bits per heavy atom. The van der Waals surface area contributed by atoms with Gasteiger partial charge in [0.25, 0.3) is 0 Å². The zero-order valence-corrected chi connectivity index (χ0v) is 15.8. The molecule has 1 aromatic carbocycles. The van der Waals surface area contributed by atoms with Gasteiger partial charge in [-0.25, -0.2) is 4.79 Å². The van der Waals surface area contributed by atoms with Crippen molar-refractivity contribution >= 4 is 35.0 Å². The minimum Gasteiger partial charge on any atom is -1.00 e. The zero-order chi connectivity index (χ0) is 16.2. The first-order valence-electron chi connectivity index (χ1n) is 8.41. The average Bonchev–Trinajstić information content (AvgIpc) is 3.06. The molecule has 1 heterocycles. The van der Waals surface area contributed by atoms with E-state index in [1.165, 1.54) is 32.4 Å². The molecule has 3 rings (SSSR count). The standard InChI is InChI=1S/C17H22Cl2N2O2.ClH/c18-12-6-5-7-13(19)16(12)20-17(22)23-15-9-2-1-8-14(15)21-10-3-4-11-21;/h5-7,14-15H,1-4,8-11H2,(H,20,22);1H. The maximum absolute atomic E-state index is 12.3. The smallest absolute Gasteiger partial charge is 0.412 e. The number of anilines is 1. The molecule has 4 nitrogen and oxygen atoms in total. The fourth-order valence-corrected chi connectivity index (χ4v) is 4.28. The van der Waals surface area contributed by atoms with Gasteiger partial charge in [0.05, 0.1) is 28.8 Å². The lowest BCUT2D eigenvalue weighted by Crippen LogP contribution is -3.15. The second-order valence-corrected chi connectivity index (χ2v) is 7.24. The van der Waals surface area contributed by atoms with Gasteiger partial charge >= 0.3 is 6.09 Å². The molecule has 1 amide bonds. The van der Waals surface area contributed by atoms with E-state index in [1.54, 1.807) is 23.1 Å². The Bertz CT molecular complexity index is 545. The molecule has 2 aliphatic rings. The Kier molecular flexibility index (Phi) is 7.48. The van der Waals surface area contributed by atoms with Crippen LogP contribution in [-0.2, 0) is 4.74 Å². The van der Waals surface area contributed by atoms with Crippen molar-refractivity contribution in [1.29, 1.82) is 0 Å². The highest BCUT2D eigenvalue weighted by Gasteiger charge is 2.37. The molecule has 2 unspecified atom stereocenters. The van der Waals surface area contributed by atoms with Gasteiger partial charge in [-0.15, -0.1) is 0 Å². The van der Waals surface area contributed by atoms with Crippen molar-refractivity contribution in [1.82, 2.24) is 0 Å². The highest BCUT2D eigenvalue weighted by atomic mass is 35.5. The third-order valence-corrected chi connectivity index (χ3v) is 5.55. The van der Waals surface area contributed by atoms with Crippen molar-refractivity contribution in [3.8, 4) is 0 Å². The summed E-state index contributed by atoms with van der Waals surface area (Å²) in [4.78, 5) is 13.9. The molecule has 0 spiro atoms. The molecule has 1 aliphatic heterocycles. The van der Waals surface area contributed by atoms with Crippen LogP contribution < -0.4 is 22.6 Å². The molecule has 134 valence electrons. The number of carbonyl (C=O) groups excluding carboxylic acids is 1. The molecular formula is C17H23Cl3N2O2. The van der Waals surface area contributed by atoms with Crippen LogP contribution in [0.5, 0.6) is 0 Å². The number of ether oxygens (including phenoxy) is 1. The van der Waals surface area contributed by atoms with Gasteiger partial charge < -0.3 is 22.0 Å². The van der Waals surface area contributed by atoms with Crippen molar-refractivity contribution < 1.29 is 26.8 Å². The van der Waals surface area contributed by atoms with Crippen LogP contribution >= 0.6 is 23.2 Å². The van der Waals surface area contributed by atoms with Gasteiger partial charge in [0.15, 0.2) is 6.10 Å². The quantitative estimate of drug-likeness (QED) is 0.787. The SMILES string of the molecule is O=C(Nc1c(Cl)cccc1Cl)OC1CCCCC1[NH+]1CCCC1.[Cl-]. The fraction of sp³-hybridized carbons (Fsp3) is 0.588. The van der Waals surface area contributed by atoms with Crippen LogP contribution in [0.4, 0.5) is 10.5 Å². The number of nitrogens with one attached hydrogen (secondary N) is 2. The average molecular weight is 394 g/mol. The topological polar surface area (TPSA) is 42.8 Å². The van der Waals surface area contributed by atoms with Gasteiger partial charge in [-0.3, -0.25) is 5.32 Å². The Morgan fingerprint density at radius 1 is 1.08 bits per heavy atom. The third-order valence-electron chi connectivity index (χ3n) is 4.92. The van der Waals surface area contributed by atoms with Crippen molar-refractivity contribution in [3.63, 3.8) is 0 Å².